The van der Waals surface area contributed by atoms with E-state index >= 15 is 0 Å². The summed E-state index contributed by atoms with van der Waals surface area (Å²) in [5.74, 6) is 0.584. The number of hydrogen-bond donors (Lipinski definition) is 3. The Labute approximate surface area is 123 Å². The molecule has 1 aliphatic heterocycles. The number of thiophene rings is 1. The van der Waals surface area contributed by atoms with Crippen molar-refractivity contribution in [3.8, 4) is 0 Å². The lowest BCUT2D eigenvalue weighted by atomic mass is 10.1. The van der Waals surface area contributed by atoms with E-state index < -0.39 is 0 Å². The van der Waals surface area contributed by atoms with E-state index in [2.05, 4.69) is 16.0 Å². The third kappa shape index (κ3) is 4.94. The van der Waals surface area contributed by atoms with Crippen molar-refractivity contribution in [1.29, 1.82) is 0 Å². The molecule has 5 nitrogen and oxygen atoms in total. The molecule has 3 N–H and O–H groups in total. The van der Waals surface area contributed by atoms with Crippen molar-refractivity contribution in [2.45, 2.75) is 19.3 Å². The third-order valence-corrected chi connectivity index (χ3v) is 4.29. The summed E-state index contributed by atoms with van der Waals surface area (Å²) in [4.78, 5) is 23.9. The van der Waals surface area contributed by atoms with Crippen LogP contribution in [0.5, 0.6) is 0 Å². The predicted molar refractivity (Wildman–Crippen MR) is 79.9 cm³/mol. The molecule has 0 spiro atoms. The molecule has 1 aromatic rings. The van der Waals surface area contributed by atoms with Gasteiger partial charge in [0.2, 0.25) is 5.91 Å². The maximum Gasteiger partial charge on any atom is 0.261 e. The Morgan fingerprint density at radius 2 is 2.25 bits per heavy atom. The molecular formula is C14H21N3O2S. The van der Waals surface area contributed by atoms with E-state index in [0.29, 0.717) is 23.8 Å². The van der Waals surface area contributed by atoms with Crippen molar-refractivity contribution in [3.63, 3.8) is 0 Å². The molecule has 0 aliphatic carbocycles. The van der Waals surface area contributed by atoms with Gasteiger partial charge in [-0.3, -0.25) is 9.59 Å². The molecule has 110 valence electrons. The predicted octanol–water partition coefficient (Wildman–Crippen LogP) is 0.984. The van der Waals surface area contributed by atoms with E-state index in [-0.39, 0.29) is 11.8 Å². The Morgan fingerprint density at radius 3 is 2.95 bits per heavy atom. The lowest BCUT2D eigenvalue weighted by molar-refractivity contribution is -0.120. The van der Waals surface area contributed by atoms with E-state index in [1.165, 1.54) is 17.8 Å². The minimum atomic E-state index is -0.107. The fourth-order valence-electron chi connectivity index (χ4n) is 2.25. The molecule has 2 amide bonds. The normalized spacial score (nSPS) is 17.9. The van der Waals surface area contributed by atoms with Crippen LogP contribution in [0, 0.1) is 5.92 Å². The van der Waals surface area contributed by atoms with Crippen molar-refractivity contribution < 1.29 is 9.59 Å². The molecule has 2 rings (SSSR count). The Bertz CT molecular complexity index is 428. The number of carbonyl (C=O) groups excluding carboxylic acids is 2. The minimum Gasteiger partial charge on any atom is -0.356 e. The summed E-state index contributed by atoms with van der Waals surface area (Å²) in [6.45, 7) is 3.26. The SMILES string of the molecule is O=C(CCNC(=O)c1cccs1)NCCC1CCNC1. The maximum atomic E-state index is 11.6. The van der Waals surface area contributed by atoms with Gasteiger partial charge < -0.3 is 16.0 Å². The van der Waals surface area contributed by atoms with Crippen LogP contribution in [0.25, 0.3) is 0 Å². The van der Waals surface area contributed by atoms with Crippen LogP contribution < -0.4 is 16.0 Å². The summed E-state index contributed by atoms with van der Waals surface area (Å²) in [5.41, 5.74) is 0. The van der Waals surface area contributed by atoms with Gasteiger partial charge in [0, 0.05) is 19.5 Å². The van der Waals surface area contributed by atoms with Gasteiger partial charge in [-0.1, -0.05) is 6.07 Å². The van der Waals surface area contributed by atoms with E-state index in [1.807, 2.05) is 11.4 Å². The Morgan fingerprint density at radius 1 is 1.35 bits per heavy atom. The molecule has 6 heteroatoms. The summed E-state index contributed by atoms with van der Waals surface area (Å²) in [7, 11) is 0. The van der Waals surface area contributed by atoms with Crippen molar-refractivity contribution in [2.75, 3.05) is 26.2 Å². The molecule has 1 fully saturated rings. The van der Waals surface area contributed by atoms with E-state index in [0.717, 1.165) is 26.1 Å². The molecule has 0 radical (unpaired) electrons. The highest BCUT2D eigenvalue weighted by molar-refractivity contribution is 7.12. The first kappa shape index (κ1) is 15.0. The van der Waals surface area contributed by atoms with Crippen LogP contribution in [0.15, 0.2) is 17.5 Å². The molecule has 1 unspecified atom stereocenters. The second-order valence-corrected chi connectivity index (χ2v) is 5.93. The highest BCUT2D eigenvalue weighted by Gasteiger charge is 2.14. The average molecular weight is 295 g/mol. The standard InChI is InChI=1S/C14H21N3O2S/c18-13(16-7-4-11-3-6-15-10-11)5-8-17-14(19)12-2-1-9-20-12/h1-2,9,11,15H,3-8,10H2,(H,16,18)(H,17,19). The van der Waals surface area contributed by atoms with E-state index in [4.69, 9.17) is 0 Å². The molecule has 0 aromatic carbocycles. The molecule has 1 aromatic heterocycles. The van der Waals surface area contributed by atoms with Crippen LogP contribution >= 0.6 is 11.3 Å². The number of nitrogens with one attached hydrogen (secondary N) is 3. The minimum absolute atomic E-state index is 0.00226. The summed E-state index contributed by atoms with van der Waals surface area (Å²) in [5, 5.41) is 10.8. The molecule has 1 saturated heterocycles. The zero-order chi connectivity index (χ0) is 14.2. The number of hydrogen-bond acceptors (Lipinski definition) is 4. The van der Waals surface area contributed by atoms with Crippen LogP contribution in [-0.4, -0.2) is 38.0 Å². The molecule has 1 atom stereocenters. The van der Waals surface area contributed by atoms with Crippen LogP contribution in [0.1, 0.15) is 28.9 Å². The molecule has 0 bridgehead atoms. The van der Waals surface area contributed by atoms with E-state index in [1.54, 1.807) is 6.07 Å². The lowest BCUT2D eigenvalue weighted by Gasteiger charge is -2.09. The number of amides is 2. The first-order valence-corrected chi connectivity index (χ1v) is 7.93. The van der Waals surface area contributed by atoms with Crippen LogP contribution in [0.4, 0.5) is 0 Å². The smallest absolute Gasteiger partial charge is 0.261 e. The lowest BCUT2D eigenvalue weighted by Crippen LogP contribution is -2.31. The van der Waals surface area contributed by atoms with Crippen molar-refractivity contribution in [3.05, 3.63) is 22.4 Å². The van der Waals surface area contributed by atoms with Crippen LogP contribution in [-0.2, 0) is 4.79 Å². The molecule has 0 saturated carbocycles. The van der Waals surface area contributed by atoms with Crippen LogP contribution in [0.3, 0.4) is 0 Å². The van der Waals surface area contributed by atoms with E-state index in [9.17, 15) is 9.59 Å². The summed E-state index contributed by atoms with van der Waals surface area (Å²) < 4.78 is 0. The Hall–Kier alpha value is -1.40. The first-order valence-electron chi connectivity index (χ1n) is 7.05. The Balaban J connectivity index is 1.52. The summed E-state index contributed by atoms with van der Waals surface area (Å²) in [6.07, 6.45) is 2.56. The van der Waals surface area contributed by atoms with Gasteiger partial charge in [-0.05, 0) is 43.3 Å². The van der Waals surface area contributed by atoms with Gasteiger partial charge in [0.05, 0.1) is 4.88 Å². The van der Waals surface area contributed by atoms with Gasteiger partial charge in [0.1, 0.15) is 0 Å². The van der Waals surface area contributed by atoms with Crippen molar-refractivity contribution in [2.24, 2.45) is 5.92 Å². The second kappa shape index (κ2) is 8.01. The quantitative estimate of drug-likeness (QED) is 0.702. The molecule has 20 heavy (non-hydrogen) atoms. The average Bonchev–Trinajstić information content (AvgIpc) is 3.12. The summed E-state index contributed by atoms with van der Waals surface area (Å²) in [6, 6.07) is 3.61. The van der Waals surface area contributed by atoms with Gasteiger partial charge in [-0.25, -0.2) is 0 Å². The third-order valence-electron chi connectivity index (χ3n) is 3.42. The van der Waals surface area contributed by atoms with Crippen molar-refractivity contribution >= 4 is 23.2 Å². The summed E-state index contributed by atoms with van der Waals surface area (Å²) >= 11 is 1.40. The highest BCUT2D eigenvalue weighted by Crippen LogP contribution is 2.10. The van der Waals surface area contributed by atoms with Crippen molar-refractivity contribution in [1.82, 2.24) is 16.0 Å². The van der Waals surface area contributed by atoms with Gasteiger partial charge in [-0.15, -0.1) is 11.3 Å². The second-order valence-electron chi connectivity index (χ2n) is 4.98. The fraction of sp³-hybridized carbons (Fsp3) is 0.571. The fourth-order valence-corrected chi connectivity index (χ4v) is 2.89. The van der Waals surface area contributed by atoms with Gasteiger partial charge in [-0.2, -0.15) is 0 Å². The molecular weight excluding hydrogens is 274 g/mol. The maximum absolute atomic E-state index is 11.6. The largest absolute Gasteiger partial charge is 0.356 e. The zero-order valence-corrected chi connectivity index (χ0v) is 12.3. The first-order chi connectivity index (χ1) is 9.75. The number of carbonyl (C=O) groups is 2. The molecule has 1 aliphatic rings. The monoisotopic (exact) mass is 295 g/mol. The van der Waals surface area contributed by atoms with Gasteiger partial charge in [0.15, 0.2) is 0 Å². The Kier molecular flexibility index (Phi) is 6.01. The topological polar surface area (TPSA) is 70.2 Å². The van der Waals surface area contributed by atoms with Gasteiger partial charge >= 0.3 is 0 Å². The van der Waals surface area contributed by atoms with Crippen LogP contribution in [0.2, 0.25) is 0 Å². The highest BCUT2D eigenvalue weighted by atomic mass is 32.1. The number of rotatable bonds is 7. The zero-order valence-electron chi connectivity index (χ0n) is 11.5. The molecule has 2 heterocycles. The van der Waals surface area contributed by atoms with Gasteiger partial charge in [0.25, 0.3) is 5.91 Å².